The Labute approximate surface area is 98.4 Å². The third kappa shape index (κ3) is 1.51. The van der Waals surface area contributed by atoms with Gasteiger partial charge in [-0.05, 0) is 24.6 Å². The van der Waals surface area contributed by atoms with Gasteiger partial charge >= 0.3 is 0 Å². The van der Waals surface area contributed by atoms with E-state index in [2.05, 4.69) is 47.6 Å². The highest BCUT2D eigenvalue weighted by molar-refractivity contribution is 7.17. The van der Waals surface area contributed by atoms with Gasteiger partial charge in [0.1, 0.15) is 4.83 Å². The van der Waals surface area contributed by atoms with E-state index in [1.807, 2.05) is 12.3 Å². The van der Waals surface area contributed by atoms with Crippen LogP contribution in [0, 0.1) is 6.92 Å². The lowest BCUT2D eigenvalue weighted by Gasteiger charge is -2.00. The fraction of sp³-hybridized carbons (Fsp3) is 0.0714. The monoisotopic (exact) mass is 225 g/mol. The number of hydrogen-bond donors (Lipinski definition) is 0. The second kappa shape index (κ2) is 3.72. The van der Waals surface area contributed by atoms with E-state index in [9.17, 15) is 0 Å². The molecular weight excluding hydrogens is 214 g/mol. The second-order valence-corrected chi connectivity index (χ2v) is 4.73. The van der Waals surface area contributed by atoms with Crippen LogP contribution in [0.15, 0.2) is 48.0 Å². The van der Waals surface area contributed by atoms with Crippen LogP contribution in [0.4, 0.5) is 0 Å². The van der Waals surface area contributed by atoms with E-state index in [-0.39, 0.29) is 0 Å². The molecule has 0 aliphatic heterocycles. The molecule has 3 rings (SSSR count). The van der Waals surface area contributed by atoms with Gasteiger partial charge in [0.05, 0.1) is 0 Å². The molecule has 0 aliphatic carbocycles. The maximum Gasteiger partial charge on any atom is 0.123 e. The number of aromatic nitrogens is 1. The zero-order valence-electron chi connectivity index (χ0n) is 8.97. The van der Waals surface area contributed by atoms with E-state index < -0.39 is 0 Å². The van der Waals surface area contributed by atoms with Crippen molar-refractivity contribution >= 4 is 21.6 Å². The summed E-state index contributed by atoms with van der Waals surface area (Å²) in [7, 11) is 0. The highest BCUT2D eigenvalue weighted by Gasteiger charge is 2.06. The average Bonchev–Trinajstić information content (AvgIpc) is 2.72. The summed E-state index contributed by atoms with van der Waals surface area (Å²) < 4.78 is 0. The molecule has 1 nitrogen and oxygen atoms in total. The molecule has 0 aliphatic rings. The summed E-state index contributed by atoms with van der Waals surface area (Å²) >= 11 is 1.70. The number of benzene rings is 1. The van der Waals surface area contributed by atoms with Crippen LogP contribution in [0.1, 0.15) is 5.56 Å². The number of fused-ring (bicyclic) bond motifs is 1. The first-order valence-electron chi connectivity index (χ1n) is 5.24. The third-order valence-electron chi connectivity index (χ3n) is 2.68. The van der Waals surface area contributed by atoms with Crippen molar-refractivity contribution in [1.29, 1.82) is 0 Å². The van der Waals surface area contributed by atoms with E-state index in [1.165, 1.54) is 22.1 Å². The topological polar surface area (TPSA) is 12.9 Å². The number of pyridine rings is 1. The highest BCUT2D eigenvalue weighted by atomic mass is 32.1. The van der Waals surface area contributed by atoms with Gasteiger partial charge in [-0.1, -0.05) is 29.8 Å². The van der Waals surface area contributed by atoms with Gasteiger partial charge in [0.2, 0.25) is 0 Å². The predicted molar refractivity (Wildman–Crippen MR) is 69.8 cm³/mol. The maximum absolute atomic E-state index is 4.37. The van der Waals surface area contributed by atoms with Gasteiger partial charge in [-0.3, -0.25) is 0 Å². The molecule has 2 aromatic heterocycles. The van der Waals surface area contributed by atoms with Crippen LogP contribution in [-0.2, 0) is 0 Å². The smallest absolute Gasteiger partial charge is 0.123 e. The van der Waals surface area contributed by atoms with Gasteiger partial charge < -0.3 is 0 Å². The Morgan fingerprint density at radius 1 is 1.12 bits per heavy atom. The van der Waals surface area contributed by atoms with Crippen molar-refractivity contribution < 1.29 is 0 Å². The van der Waals surface area contributed by atoms with Crippen molar-refractivity contribution in [2.75, 3.05) is 0 Å². The van der Waals surface area contributed by atoms with Gasteiger partial charge in [0.15, 0.2) is 0 Å². The number of rotatable bonds is 1. The van der Waals surface area contributed by atoms with Crippen LogP contribution < -0.4 is 0 Å². The molecule has 2 heteroatoms. The van der Waals surface area contributed by atoms with E-state index in [4.69, 9.17) is 0 Å². The molecule has 16 heavy (non-hydrogen) atoms. The average molecular weight is 225 g/mol. The van der Waals surface area contributed by atoms with Gasteiger partial charge in [0.25, 0.3) is 0 Å². The van der Waals surface area contributed by atoms with Crippen molar-refractivity contribution in [3.05, 3.63) is 53.5 Å². The Morgan fingerprint density at radius 2 is 2.06 bits per heavy atom. The summed E-state index contributed by atoms with van der Waals surface area (Å²) in [6, 6.07) is 12.7. The van der Waals surface area contributed by atoms with E-state index in [0.29, 0.717) is 0 Å². The molecule has 0 spiro atoms. The molecule has 0 amide bonds. The zero-order chi connectivity index (χ0) is 11.0. The van der Waals surface area contributed by atoms with Crippen molar-refractivity contribution in [2.24, 2.45) is 0 Å². The number of thiophene rings is 1. The van der Waals surface area contributed by atoms with Gasteiger partial charge in [-0.15, -0.1) is 11.3 Å². The fourth-order valence-corrected chi connectivity index (χ4v) is 2.82. The minimum absolute atomic E-state index is 1.11. The molecule has 0 saturated heterocycles. The predicted octanol–water partition coefficient (Wildman–Crippen LogP) is 4.27. The summed E-state index contributed by atoms with van der Waals surface area (Å²) in [4.78, 5) is 5.48. The highest BCUT2D eigenvalue weighted by Crippen LogP contribution is 2.32. The Hall–Kier alpha value is -1.67. The summed E-state index contributed by atoms with van der Waals surface area (Å²) in [5.41, 5.74) is 3.86. The fourth-order valence-electron chi connectivity index (χ4n) is 1.90. The SMILES string of the molecule is Cc1cccc(-c2csc3ncccc23)c1. The lowest BCUT2D eigenvalue weighted by molar-refractivity contribution is 1.44. The van der Waals surface area contributed by atoms with Crippen molar-refractivity contribution in [1.82, 2.24) is 4.98 Å². The summed E-state index contributed by atoms with van der Waals surface area (Å²) in [6.45, 7) is 2.12. The van der Waals surface area contributed by atoms with Crippen LogP contribution >= 0.6 is 11.3 Å². The zero-order valence-corrected chi connectivity index (χ0v) is 9.79. The Morgan fingerprint density at radius 3 is 2.94 bits per heavy atom. The van der Waals surface area contributed by atoms with Crippen LogP contribution in [0.3, 0.4) is 0 Å². The van der Waals surface area contributed by atoms with Gasteiger partial charge in [-0.2, -0.15) is 0 Å². The van der Waals surface area contributed by atoms with Crippen LogP contribution in [-0.4, -0.2) is 4.98 Å². The van der Waals surface area contributed by atoms with Gasteiger partial charge in [-0.25, -0.2) is 4.98 Å². The molecule has 1 aromatic carbocycles. The minimum Gasteiger partial charge on any atom is -0.245 e. The molecule has 0 bridgehead atoms. The lowest BCUT2D eigenvalue weighted by atomic mass is 10.0. The minimum atomic E-state index is 1.11. The number of aryl methyl sites for hydroxylation is 1. The van der Waals surface area contributed by atoms with Crippen molar-refractivity contribution in [3.8, 4) is 11.1 Å². The van der Waals surface area contributed by atoms with Gasteiger partial charge in [0, 0.05) is 22.5 Å². The quantitative estimate of drug-likeness (QED) is 0.602. The molecular formula is C14H11NS. The number of nitrogens with zero attached hydrogens (tertiary/aromatic N) is 1. The maximum atomic E-state index is 4.37. The summed E-state index contributed by atoms with van der Waals surface area (Å²) in [5.74, 6) is 0. The molecule has 0 fully saturated rings. The standard InChI is InChI=1S/C14H11NS/c1-10-4-2-5-11(8-10)13-9-16-14-12(13)6-3-7-15-14/h2-9H,1H3. The summed E-state index contributed by atoms with van der Waals surface area (Å²) in [6.07, 6.45) is 1.85. The molecule has 0 radical (unpaired) electrons. The molecule has 0 saturated carbocycles. The van der Waals surface area contributed by atoms with Crippen molar-refractivity contribution in [3.63, 3.8) is 0 Å². The normalized spacial score (nSPS) is 10.8. The van der Waals surface area contributed by atoms with E-state index in [0.717, 1.165) is 4.83 Å². The largest absolute Gasteiger partial charge is 0.245 e. The first kappa shape index (κ1) is 9.55. The third-order valence-corrected chi connectivity index (χ3v) is 3.58. The first-order chi connectivity index (χ1) is 7.84. The number of hydrogen-bond acceptors (Lipinski definition) is 2. The van der Waals surface area contributed by atoms with Crippen LogP contribution in [0.5, 0.6) is 0 Å². The van der Waals surface area contributed by atoms with E-state index in [1.54, 1.807) is 11.3 Å². The van der Waals surface area contributed by atoms with Crippen LogP contribution in [0.25, 0.3) is 21.3 Å². The Kier molecular flexibility index (Phi) is 2.22. The van der Waals surface area contributed by atoms with E-state index >= 15 is 0 Å². The molecule has 0 atom stereocenters. The molecule has 0 N–H and O–H groups in total. The van der Waals surface area contributed by atoms with Crippen molar-refractivity contribution in [2.45, 2.75) is 6.92 Å². The first-order valence-corrected chi connectivity index (χ1v) is 6.12. The molecule has 3 aromatic rings. The molecule has 0 unspecified atom stereocenters. The Bertz CT molecular complexity index is 640. The lowest BCUT2D eigenvalue weighted by Crippen LogP contribution is -1.77. The summed E-state index contributed by atoms with van der Waals surface area (Å²) in [5, 5.41) is 3.44. The van der Waals surface area contributed by atoms with Crippen LogP contribution in [0.2, 0.25) is 0 Å². The second-order valence-electron chi connectivity index (χ2n) is 3.87. The Balaban J connectivity index is 2.26. The molecule has 2 heterocycles. The molecule has 78 valence electrons.